The second-order valence-electron chi connectivity index (χ2n) is 4.90. The smallest absolute Gasteiger partial charge is 0.0766 e. The first-order chi connectivity index (χ1) is 8.54. The Bertz CT molecular complexity index is 373. The Hall–Kier alpha value is -0.350. The summed E-state index contributed by atoms with van der Waals surface area (Å²) < 4.78 is 3.24. The minimum absolute atomic E-state index is 0.548. The molecule has 4 heteroatoms. The number of halogens is 1. The van der Waals surface area contributed by atoms with Crippen LogP contribution in [0.1, 0.15) is 45.5 Å². The van der Waals surface area contributed by atoms with Gasteiger partial charge in [0.15, 0.2) is 0 Å². The van der Waals surface area contributed by atoms with Crippen LogP contribution in [0, 0.1) is 5.92 Å². The van der Waals surface area contributed by atoms with Crippen LogP contribution in [0.15, 0.2) is 4.47 Å². The van der Waals surface area contributed by atoms with E-state index in [4.69, 9.17) is 0 Å². The minimum atomic E-state index is 0.548. The van der Waals surface area contributed by atoms with Crippen molar-refractivity contribution in [3.05, 3.63) is 15.9 Å². The number of rotatable bonds is 7. The average molecular weight is 316 g/mol. The Morgan fingerprint density at radius 3 is 2.44 bits per heavy atom. The van der Waals surface area contributed by atoms with Gasteiger partial charge in [0.25, 0.3) is 0 Å². The maximum absolute atomic E-state index is 4.57. The second kappa shape index (κ2) is 7.29. The summed E-state index contributed by atoms with van der Waals surface area (Å²) in [5.41, 5.74) is 2.49. The molecule has 0 spiro atoms. The fourth-order valence-electron chi connectivity index (χ4n) is 2.45. The molecule has 2 unspecified atom stereocenters. The molecule has 0 aromatic carbocycles. The van der Waals surface area contributed by atoms with E-state index < -0.39 is 0 Å². The first-order valence-corrected chi connectivity index (χ1v) is 7.77. The lowest BCUT2D eigenvalue weighted by atomic mass is 9.93. The van der Waals surface area contributed by atoms with E-state index in [9.17, 15) is 0 Å². The molecule has 1 aromatic rings. The highest BCUT2D eigenvalue weighted by molar-refractivity contribution is 9.10. The van der Waals surface area contributed by atoms with E-state index in [0.717, 1.165) is 19.4 Å². The molecule has 0 saturated carbocycles. The van der Waals surface area contributed by atoms with Crippen LogP contribution in [0.4, 0.5) is 0 Å². The fraction of sp³-hybridized carbons (Fsp3) is 0.786. The normalized spacial score (nSPS) is 14.8. The van der Waals surface area contributed by atoms with Crippen LogP contribution >= 0.6 is 15.9 Å². The molecule has 0 aliphatic rings. The third kappa shape index (κ3) is 3.58. The monoisotopic (exact) mass is 315 g/mol. The van der Waals surface area contributed by atoms with Crippen LogP contribution in [0.25, 0.3) is 0 Å². The summed E-state index contributed by atoms with van der Waals surface area (Å²) in [6.07, 6.45) is 3.25. The van der Waals surface area contributed by atoms with Gasteiger partial charge in [-0.15, -0.1) is 0 Å². The Balaban J connectivity index is 2.84. The maximum atomic E-state index is 4.57. The molecule has 1 aromatic heterocycles. The lowest BCUT2D eigenvalue weighted by molar-refractivity contribution is 0.360. The molecule has 2 atom stereocenters. The van der Waals surface area contributed by atoms with E-state index in [0.29, 0.717) is 12.0 Å². The summed E-state index contributed by atoms with van der Waals surface area (Å²) in [6.45, 7) is 9.89. The van der Waals surface area contributed by atoms with Crippen LogP contribution in [0.3, 0.4) is 0 Å². The van der Waals surface area contributed by atoms with Gasteiger partial charge in [-0.3, -0.25) is 4.68 Å². The van der Waals surface area contributed by atoms with Gasteiger partial charge < -0.3 is 5.32 Å². The first kappa shape index (κ1) is 15.7. The van der Waals surface area contributed by atoms with Crippen LogP contribution in [-0.2, 0) is 19.9 Å². The summed E-state index contributed by atoms with van der Waals surface area (Å²) >= 11 is 3.70. The zero-order chi connectivity index (χ0) is 13.7. The predicted molar refractivity (Wildman–Crippen MR) is 80.9 cm³/mol. The van der Waals surface area contributed by atoms with Gasteiger partial charge >= 0.3 is 0 Å². The lowest BCUT2D eigenvalue weighted by Crippen LogP contribution is -2.34. The molecular formula is C14H26BrN3. The van der Waals surface area contributed by atoms with Crippen molar-refractivity contribution in [2.45, 2.75) is 53.0 Å². The van der Waals surface area contributed by atoms with Gasteiger partial charge in [0.05, 0.1) is 15.9 Å². The zero-order valence-electron chi connectivity index (χ0n) is 12.3. The van der Waals surface area contributed by atoms with Crippen molar-refractivity contribution in [3.63, 3.8) is 0 Å². The van der Waals surface area contributed by atoms with E-state index in [1.807, 2.05) is 11.7 Å². The van der Waals surface area contributed by atoms with Crippen LogP contribution in [0.2, 0.25) is 0 Å². The molecule has 0 amide bonds. The molecule has 0 fully saturated rings. The molecule has 1 N–H and O–H groups in total. The number of hydrogen-bond acceptors (Lipinski definition) is 2. The molecule has 0 saturated heterocycles. The molecule has 1 heterocycles. The van der Waals surface area contributed by atoms with Gasteiger partial charge in [-0.25, -0.2) is 0 Å². The molecule has 104 valence electrons. The molecule has 3 nitrogen and oxygen atoms in total. The Morgan fingerprint density at radius 1 is 1.33 bits per heavy atom. The van der Waals surface area contributed by atoms with E-state index >= 15 is 0 Å². The number of aromatic nitrogens is 2. The molecule has 1 rings (SSSR count). The van der Waals surface area contributed by atoms with E-state index in [-0.39, 0.29) is 0 Å². The quantitative estimate of drug-likeness (QED) is 0.836. The number of nitrogens with zero attached hydrogens (tertiary/aromatic N) is 2. The first-order valence-electron chi connectivity index (χ1n) is 6.98. The Morgan fingerprint density at radius 2 is 2.00 bits per heavy atom. The molecule has 0 radical (unpaired) electrons. The highest BCUT2D eigenvalue weighted by Crippen LogP contribution is 2.26. The summed E-state index contributed by atoms with van der Waals surface area (Å²) in [7, 11) is 2.05. The van der Waals surface area contributed by atoms with Crippen LogP contribution in [-0.4, -0.2) is 22.4 Å². The highest BCUT2D eigenvalue weighted by Gasteiger charge is 2.20. The Kier molecular flexibility index (Phi) is 6.36. The van der Waals surface area contributed by atoms with E-state index in [1.165, 1.54) is 22.3 Å². The third-order valence-electron chi connectivity index (χ3n) is 3.72. The van der Waals surface area contributed by atoms with E-state index in [1.54, 1.807) is 0 Å². The summed E-state index contributed by atoms with van der Waals surface area (Å²) in [4.78, 5) is 0. The number of hydrogen-bond donors (Lipinski definition) is 1. The van der Waals surface area contributed by atoms with Gasteiger partial charge in [0, 0.05) is 13.1 Å². The van der Waals surface area contributed by atoms with Crippen molar-refractivity contribution in [1.29, 1.82) is 0 Å². The van der Waals surface area contributed by atoms with Gasteiger partial charge in [-0.1, -0.05) is 27.2 Å². The van der Waals surface area contributed by atoms with Crippen molar-refractivity contribution < 1.29 is 0 Å². The third-order valence-corrected chi connectivity index (χ3v) is 4.63. The largest absolute Gasteiger partial charge is 0.314 e. The van der Waals surface area contributed by atoms with Crippen molar-refractivity contribution in [2.75, 3.05) is 6.54 Å². The van der Waals surface area contributed by atoms with Gasteiger partial charge in [-0.05, 0) is 48.2 Å². The van der Waals surface area contributed by atoms with Crippen molar-refractivity contribution >= 4 is 15.9 Å². The summed E-state index contributed by atoms with van der Waals surface area (Å²) in [5, 5.41) is 8.10. The van der Waals surface area contributed by atoms with Crippen molar-refractivity contribution in [3.8, 4) is 0 Å². The standard InChI is InChI=1S/C14H26BrN3/c1-6-11(10(4)16-8-3)9-13-14(15)12(7-2)17-18(13)5/h10-11,16H,6-9H2,1-5H3. The van der Waals surface area contributed by atoms with Gasteiger partial charge in [0.1, 0.15) is 0 Å². The predicted octanol–water partition coefficient (Wildman–Crippen LogP) is 3.31. The fourth-order valence-corrected chi connectivity index (χ4v) is 3.23. The van der Waals surface area contributed by atoms with Crippen molar-refractivity contribution in [2.24, 2.45) is 13.0 Å². The number of nitrogens with one attached hydrogen (secondary N) is 1. The highest BCUT2D eigenvalue weighted by atomic mass is 79.9. The van der Waals surface area contributed by atoms with Gasteiger partial charge in [0.2, 0.25) is 0 Å². The van der Waals surface area contributed by atoms with Crippen molar-refractivity contribution in [1.82, 2.24) is 15.1 Å². The minimum Gasteiger partial charge on any atom is -0.314 e. The summed E-state index contributed by atoms with van der Waals surface area (Å²) in [6, 6.07) is 0.548. The lowest BCUT2D eigenvalue weighted by Gasteiger charge is -2.23. The number of aryl methyl sites for hydroxylation is 2. The van der Waals surface area contributed by atoms with Crippen LogP contribution in [0.5, 0.6) is 0 Å². The molecular weight excluding hydrogens is 290 g/mol. The SMILES string of the molecule is CCNC(C)C(CC)Cc1c(Br)c(CC)nn1C. The topological polar surface area (TPSA) is 29.9 Å². The zero-order valence-corrected chi connectivity index (χ0v) is 13.8. The molecule has 0 bridgehead atoms. The maximum Gasteiger partial charge on any atom is 0.0766 e. The summed E-state index contributed by atoms with van der Waals surface area (Å²) in [5.74, 6) is 0.654. The molecule has 0 aliphatic carbocycles. The van der Waals surface area contributed by atoms with Crippen LogP contribution < -0.4 is 5.32 Å². The molecule has 0 aliphatic heterocycles. The van der Waals surface area contributed by atoms with E-state index in [2.05, 4.69) is 54.0 Å². The second-order valence-corrected chi connectivity index (χ2v) is 5.70. The molecule has 18 heavy (non-hydrogen) atoms. The average Bonchev–Trinajstić information content (AvgIpc) is 2.62. The Labute approximate surface area is 119 Å². The van der Waals surface area contributed by atoms with Gasteiger partial charge in [-0.2, -0.15) is 5.10 Å².